The van der Waals surface area contributed by atoms with Gasteiger partial charge in [-0.25, -0.2) is 4.79 Å². The standard InChI is InChI=1S/C13H9ClF3NO2S/c14-8-1-2-10(9(5-8)13(15,16)17)18-6-7-3-4-21-11(7)12(19)20/h1-5,18H,6H2,(H,19,20). The van der Waals surface area contributed by atoms with Crippen LogP contribution < -0.4 is 5.32 Å². The summed E-state index contributed by atoms with van der Waals surface area (Å²) in [4.78, 5) is 11.1. The average Bonchev–Trinajstić information content (AvgIpc) is 2.84. The van der Waals surface area contributed by atoms with Gasteiger partial charge < -0.3 is 10.4 Å². The lowest BCUT2D eigenvalue weighted by Crippen LogP contribution is -2.11. The van der Waals surface area contributed by atoms with Gasteiger partial charge in [0.2, 0.25) is 0 Å². The van der Waals surface area contributed by atoms with Gasteiger partial charge in [-0.1, -0.05) is 11.6 Å². The highest BCUT2D eigenvalue weighted by molar-refractivity contribution is 7.12. The van der Waals surface area contributed by atoms with Crippen molar-refractivity contribution in [2.45, 2.75) is 12.7 Å². The molecule has 1 aromatic carbocycles. The Bertz CT molecular complexity index is 670. The van der Waals surface area contributed by atoms with Gasteiger partial charge in [-0.3, -0.25) is 0 Å². The first-order chi connectivity index (χ1) is 9.79. The second-order valence-corrected chi connectivity index (χ2v) is 5.47. The molecule has 0 amide bonds. The summed E-state index contributed by atoms with van der Waals surface area (Å²) in [5.74, 6) is -1.10. The summed E-state index contributed by atoms with van der Waals surface area (Å²) in [6.45, 7) is -0.0180. The molecule has 0 fully saturated rings. The van der Waals surface area contributed by atoms with Gasteiger partial charge in [0.15, 0.2) is 0 Å². The number of anilines is 1. The number of benzene rings is 1. The average molecular weight is 336 g/mol. The van der Waals surface area contributed by atoms with Gasteiger partial charge in [-0.15, -0.1) is 11.3 Å². The van der Waals surface area contributed by atoms with Crippen LogP contribution >= 0.6 is 22.9 Å². The Morgan fingerprint density at radius 1 is 1.33 bits per heavy atom. The number of carboxylic acid groups (broad SMARTS) is 1. The van der Waals surface area contributed by atoms with Crippen molar-refractivity contribution >= 4 is 34.6 Å². The molecule has 0 radical (unpaired) electrons. The molecule has 3 nitrogen and oxygen atoms in total. The van der Waals surface area contributed by atoms with Crippen LogP contribution in [0.1, 0.15) is 20.8 Å². The third-order valence-electron chi connectivity index (χ3n) is 2.70. The molecule has 21 heavy (non-hydrogen) atoms. The largest absolute Gasteiger partial charge is 0.477 e. The van der Waals surface area contributed by atoms with E-state index in [4.69, 9.17) is 16.7 Å². The highest BCUT2D eigenvalue weighted by Gasteiger charge is 2.33. The minimum atomic E-state index is -4.54. The van der Waals surface area contributed by atoms with Crippen LogP contribution in [0.2, 0.25) is 5.02 Å². The van der Waals surface area contributed by atoms with Crippen molar-refractivity contribution in [3.8, 4) is 0 Å². The molecule has 8 heteroatoms. The third kappa shape index (κ3) is 3.68. The first-order valence-corrected chi connectivity index (χ1v) is 6.95. The first-order valence-electron chi connectivity index (χ1n) is 5.69. The molecular weight excluding hydrogens is 327 g/mol. The quantitative estimate of drug-likeness (QED) is 0.849. The van der Waals surface area contributed by atoms with E-state index in [9.17, 15) is 18.0 Å². The van der Waals surface area contributed by atoms with Crippen molar-refractivity contribution in [1.29, 1.82) is 0 Å². The number of halogens is 4. The Kier molecular flexibility index (Phi) is 4.43. The van der Waals surface area contributed by atoms with Crippen molar-refractivity contribution in [3.63, 3.8) is 0 Å². The van der Waals surface area contributed by atoms with Gasteiger partial charge in [-0.2, -0.15) is 13.2 Å². The van der Waals surface area contributed by atoms with E-state index in [2.05, 4.69) is 5.32 Å². The zero-order valence-corrected chi connectivity index (χ0v) is 11.9. The number of alkyl halides is 3. The molecule has 2 aromatic rings. The summed E-state index contributed by atoms with van der Waals surface area (Å²) < 4.78 is 38.7. The van der Waals surface area contributed by atoms with E-state index < -0.39 is 17.7 Å². The monoisotopic (exact) mass is 335 g/mol. The van der Waals surface area contributed by atoms with Crippen LogP contribution in [-0.4, -0.2) is 11.1 Å². The van der Waals surface area contributed by atoms with Gasteiger partial charge in [0.25, 0.3) is 0 Å². The van der Waals surface area contributed by atoms with Crippen LogP contribution in [0.25, 0.3) is 0 Å². The Labute approximate surface area is 127 Å². The zero-order valence-electron chi connectivity index (χ0n) is 10.4. The molecule has 0 atom stereocenters. The van der Waals surface area contributed by atoms with E-state index in [0.717, 1.165) is 17.4 Å². The number of thiophene rings is 1. The Morgan fingerprint density at radius 2 is 2.05 bits per heavy atom. The molecule has 112 valence electrons. The summed E-state index contributed by atoms with van der Waals surface area (Å²) in [6, 6.07) is 4.95. The van der Waals surface area contributed by atoms with E-state index in [-0.39, 0.29) is 22.1 Å². The van der Waals surface area contributed by atoms with Crippen LogP contribution in [0.3, 0.4) is 0 Å². The van der Waals surface area contributed by atoms with Gasteiger partial charge in [-0.05, 0) is 35.2 Å². The molecule has 2 rings (SSSR count). The maximum Gasteiger partial charge on any atom is 0.418 e. The number of carboxylic acids is 1. The minimum Gasteiger partial charge on any atom is -0.477 e. The van der Waals surface area contributed by atoms with Gasteiger partial charge in [0.1, 0.15) is 4.88 Å². The Balaban J connectivity index is 2.24. The van der Waals surface area contributed by atoms with Crippen LogP contribution in [0.4, 0.5) is 18.9 Å². The van der Waals surface area contributed by atoms with Crippen molar-refractivity contribution < 1.29 is 23.1 Å². The lowest BCUT2D eigenvalue weighted by atomic mass is 10.1. The molecule has 0 bridgehead atoms. The molecule has 0 saturated heterocycles. The fourth-order valence-corrected chi connectivity index (χ4v) is 2.69. The molecule has 0 aliphatic rings. The molecule has 0 aliphatic carbocycles. The molecule has 0 saturated carbocycles. The fourth-order valence-electron chi connectivity index (χ4n) is 1.76. The lowest BCUT2D eigenvalue weighted by molar-refractivity contribution is -0.137. The van der Waals surface area contributed by atoms with E-state index in [0.29, 0.717) is 5.56 Å². The summed E-state index contributed by atoms with van der Waals surface area (Å²) in [5.41, 5.74) is -0.605. The summed E-state index contributed by atoms with van der Waals surface area (Å²) in [7, 11) is 0. The normalized spacial score (nSPS) is 11.4. The second kappa shape index (κ2) is 5.95. The minimum absolute atomic E-state index is 0.0180. The van der Waals surface area contributed by atoms with E-state index in [1.54, 1.807) is 11.4 Å². The zero-order chi connectivity index (χ0) is 15.6. The molecule has 0 unspecified atom stereocenters. The van der Waals surface area contributed by atoms with Crippen LogP contribution in [0, 0.1) is 0 Å². The molecule has 2 N–H and O–H groups in total. The third-order valence-corrected chi connectivity index (χ3v) is 3.88. The predicted octanol–water partition coefficient (Wildman–Crippen LogP) is 4.73. The Hall–Kier alpha value is -1.73. The summed E-state index contributed by atoms with van der Waals surface area (Å²) in [5, 5.41) is 13.1. The predicted molar refractivity (Wildman–Crippen MR) is 75.1 cm³/mol. The SMILES string of the molecule is O=C(O)c1sccc1CNc1ccc(Cl)cc1C(F)(F)F. The first kappa shape index (κ1) is 15.7. The molecule has 1 aromatic heterocycles. The van der Waals surface area contributed by atoms with Gasteiger partial charge >= 0.3 is 12.1 Å². The number of carbonyl (C=O) groups is 1. The highest BCUT2D eigenvalue weighted by Crippen LogP contribution is 2.36. The smallest absolute Gasteiger partial charge is 0.418 e. The number of hydrogen-bond donors (Lipinski definition) is 2. The van der Waals surface area contributed by atoms with Crippen LogP contribution in [-0.2, 0) is 12.7 Å². The van der Waals surface area contributed by atoms with Crippen LogP contribution in [0.5, 0.6) is 0 Å². The van der Waals surface area contributed by atoms with Crippen LogP contribution in [0.15, 0.2) is 29.6 Å². The van der Waals surface area contributed by atoms with Crippen molar-refractivity contribution in [1.82, 2.24) is 0 Å². The lowest BCUT2D eigenvalue weighted by Gasteiger charge is -2.15. The summed E-state index contributed by atoms with van der Waals surface area (Å²) >= 11 is 6.61. The molecule has 0 spiro atoms. The number of nitrogens with one attached hydrogen (secondary N) is 1. The van der Waals surface area contributed by atoms with Crippen molar-refractivity contribution in [3.05, 3.63) is 50.7 Å². The Morgan fingerprint density at radius 3 is 2.67 bits per heavy atom. The van der Waals surface area contributed by atoms with E-state index in [1.807, 2.05) is 0 Å². The maximum atomic E-state index is 12.9. The van der Waals surface area contributed by atoms with E-state index >= 15 is 0 Å². The van der Waals surface area contributed by atoms with Crippen molar-refractivity contribution in [2.24, 2.45) is 0 Å². The van der Waals surface area contributed by atoms with E-state index in [1.165, 1.54) is 12.1 Å². The van der Waals surface area contributed by atoms with Gasteiger partial charge in [0, 0.05) is 17.3 Å². The summed E-state index contributed by atoms with van der Waals surface area (Å²) in [6.07, 6.45) is -4.54. The van der Waals surface area contributed by atoms with Gasteiger partial charge in [0.05, 0.1) is 5.56 Å². The fraction of sp³-hybridized carbons (Fsp3) is 0.154. The maximum absolute atomic E-state index is 12.9. The molecule has 0 aliphatic heterocycles. The highest BCUT2D eigenvalue weighted by atomic mass is 35.5. The molecule has 1 heterocycles. The number of aromatic carboxylic acids is 1. The topological polar surface area (TPSA) is 49.3 Å². The number of rotatable bonds is 4. The molecular formula is C13H9ClF3NO2S. The van der Waals surface area contributed by atoms with Crippen molar-refractivity contribution in [2.75, 3.05) is 5.32 Å². The number of hydrogen-bond acceptors (Lipinski definition) is 3. The second-order valence-electron chi connectivity index (χ2n) is 4.12.